The molecule has 0 bridgehead atoms. The third-order valence-electron chi connectivity index (χ3n) is 7.12. The lowest BCUT2D eigenvalue weighted by molar-refractivity contribution is -0.142. The molecule has 0 spiro atoms. The summed E-state index contributed by atoms with van der Waals surface area (Å²) in [7, 11) is 0. The number of benzene rings is 2. The molecule has 2 aromatic rings. The first-order valence-electron chi connectivity index (χ1n) is 11.3. The molecule has 0 amide bonds. The van der Waals surface area contributed by atoms with Gasteiger partial charge in [-0.15, -0.1) is 0 Å². The molecule has 172 valence electrons. The number of unbranched alkanes of at least 4 members (excludes halogenated alkanes) is 2. The molecule has 7 heteroatoms. The van der Waals surface area contributed by atoms with Crippen molar-refractivity contribution in [1.29, 1.82) is 0 Å². The van der Waals surface area contributed by atoms with Crippen LogP contribution in [0.25, 0.3) is 10.8 Å². The summed E-state index contributed by atoms with van der Waals surface area (Å²) in [5, 5.41) is 11.5. The molecule has 3 heterocycles. The third-order valence-corrected chi connectivity index (χ3v) is 8.55. The van der Waals surface area contributed by atoms with Crippen LogP contribution in [0.2, 0.25) is 0 Å². The molecular weight excluding hydrogens is 644 g/mol. The molecule has 3 aliphatic heterocycles. The number of esters is 1. The van der Waals surface area contributed by atoms with Gasteiger partial charge in [0.25, 0.3) is 0 Å². The number of allylic oxidation sites excluding steroid dienone is 1. The normalized spacial score (nSPS) is 23.7. The lowest BCUT2D eigenvalue weighted by atomic mass is 9.73. The van der Waals surface area contributed by atoms with Crippen LogP contribution in [0.3, 0.4) is 0 Å². The minimum Gasteiger partial charge on any atom is -0.481 e. The van der Waals surface area contributed by atoms with Crippen molar-refractivity contribution in [3.63, 3.8) is 0 Å². The van der Waals surface area contributed by atoms with Gasteiger partial charge in [0.15, 0.2) is 0 Å². The van der Waals surface area contributed by atoms with Crippen molar-refractivity contribution >= 4 is 73.6 Å². The fourth-order valence-corrected chi connectivity index (χ4v) is 6.71. The van der Waals surface area contributed by atoms with E-state index in [2.05, 4.69) is 87.3 Å². The Labute approximate surface area is 220 Å². The number of hydrogen-bond acceptors (Lipinski definition) is 4. The van der Waals surface area contributed by atoms with Crippen molar-refractivity contribution in [3.8, 4) is 0 Å². The summed E-state index contributed by atoms with van der Waals surface area (Å²) in [5.74, 6) is -0.965. The van der Waals surface area contributed by atoms with Gasteiger partial charge in [0, 0.05) is 45.3 Å². The molecule has 5 rings (SSSR count). The van der Waals surface area contributed by atoms with E-state index in [1.165, 1.54) is 31.3 Å². The highest BCUT2D eigenvalue weighted by Crippen LogP contribution is 2.56. The molecule has 3 aliphatic rings. The Hall–Kier alpha value is -1.62. The van der Waals surface area contributed by atoms with Gasteiger partial charge >= 0.3 is 11.9 Å². The van der Waals surface area contributed by atoms with Crippen LogP contribution >= 0.6 is 45.2 Å². The van der Waals surface area contributed by atoms with E-state index in [-0.39, 0.29) is 23.9 Å². The summed E-state index contributed by atoms with van der Waals surface area (Å²) in [4.78, 5) is 25.6. The van der Waals surface area contributed by atoms with Gasteiger partial charge in [0.05, 0.1) is 3.58 Å². The fraction of sp³-hybridized carbons (Fsp3) is 0.385. The van der Waals surface area contributed by atoms with E-state index in [1.807, 2.05) is 6.08 Å². The maximum atomic E-state index is 12.2. The van der Waals surface area contributed by atoms with Crippen molar-refractivity contribution < 1.29 is 19.4 Å². The van der Waals surface area contributed by atoms with E-state index in [0.717, 1.165) is 37.8 Å². The van der Waals surface area contributed by atoms with Crippen LogP contribution in [0.15, 0.2) is 51.3 Å². The first-order valence-corrected chi connectivity index (χ1v) is 13.5. The molecule has 0 aromatic heterocycles. The Morgan fingerprint density at radius 1 is 1.21 bits per heavy atom. The number of anilines is 1. The number of rotatable bonds is 6. The van der Waals surface area contributed by atoms with Gasteiger partial charge in [-0.2, -0.15) is 0 Å². The van der Waals surface area contributed by atoms with Gasteiger partial charge in [-0.25, -0.2) is 4.79 Å². The van der Waals surface area contributed by atoms with Crippen LogP contribution in [-0.4, -0.2) is 29.7 Å². The van der Waals surface area contributed by atoms with E-state index < -0.39 is 5.97 Å². The summed E-state index contributed by atoms with van der Waals surface area (Å²) >= 11 is 4.44. The van der Waals surface area contributed by atoms with Crippen LogP contribution in [-0.2, 0) is 19.7 Å². The standard InChI is InChI=1S/C26H25I2NO4/c1-26(11-4-2-3-5-22(30)31)23-17-8-7-16(27)13-15(17)6-9-20(23)29-12-10-21-18(24(26)29)14-19(28)25(32)33-21/h6-9,13-14,21H,2-5,10-12H2,1H3,(H,30,31). The quantitative estimate of drug-likeness (QED) is 0.218. The predicted octanol–water partition coefficient (Wildman–Crippen LogP) is 6.46. The molecular formula is C26H25I2NO4. The van der Waals surface area contributed by atoms with Crippen LogP contribution in [0, 0.1) is 3.57 Å². The smallest absolute Gasteiger partial charge is 0.344 e. The van der Waals surface area contributed by atoms with Crippen LogP contribution < -0.4 is 4.90 Å². The number of nitrogens with zero attached hydrogens (tertiary/aromatic N) is 1. The number of fused-ring (bicyclic) bond motifs is 6. The van der Waals surface area contributed by atoms with Crippen LogP contribution in [0.1, 0.15) is 51.0 Å². The number of carboxylic acid groups (broad SMARTS) is 1. The molecule has 0 aliphatic carbocycles. The molecule has 2 aromatic carbocycles. The van der Waals surface area contributed by atoms with Gasteiger partial charge in [-0.05, 0) is 106 Å². The number of ether oxygens (including phenoxy) is 1. The topological polar surface area (TPSA) is 66.8 Å². The molecule has 0 saturated heterocycles. The zero-order chi connectivity index (χ0) is 23.3. The SMILES string of the molecule is CC1(CCCCCC(=O)O)C2=C3C=C(I)C(=O)OC3CCN2c2ccc3cc(I)ccc3c21. The zero-order valence-electron chi connectivity index (χ0n) is 18.4. The summed E-state index contributed by atoms with van der Waals surface area (Å²) in [6.45, 7) is 3.14. The van der Waals surface area contributed by atoms with E-state index in [4.69, 9.17) is 9.84 Å². The van der Waals surface area contributed by atoms with Gasteiger partial charge in [0.2, 0.25) is 0 Å². The van der Waals surface area contributed by atoms with E-state index in [9.17, 15) is 9.59 Å². The molecule has 33 heavy (non-hydrogen) atoms. The van der Waals surface area contributed by atoms with E-state index in [0.29, 0.717) is 10.0 Å². The van der Waals surface area contributed by atoms with Gasteiger partial charge in [0.1, 0.15) is 6.10 Å². The zero-order valence-corrected chi connectivity index (χ0v) is 22.7. The van der Waals surface area contributed by atoms with Gasteiger partial charge < -0.3 is 14.7 Å². The summed E-state index contributed by atoms with van der Waals surface area (Å²) in [5.41, 5.74) is 4.72. The summed E-state index contributed by atoms with van der Waals surface area (Å²) in [6, 6.07) is 11.1. The molecule has 0 fully saturated rings. The second-order valence-electron chi connectivity index (χ2n) is 9.24. The summed E-state index contributed by atoms with van der Waals surface area (Å²) < 4.78 is 7.64. The van der Waals surface area contributed by atoms with E-state index in [1.54, 1.807) is 0 Å². The Balaban J connectivity index is 1.65. The Kier molecular flexibility index (Phi) is 6.22. The molecule has 2 unspecified atom stereocenters. The minimum absolute atomic E-state index is 0.199. The van der Waals surface area contributed by atoms with Crippen molar-refractivity contribution in [2.24, 2.45) is 0 Å². The maximum absolute atomic E-state index is 12.2. The average Bonchev–Trinajstić information content (AvgIpc) is 3.03. The number of carbonyl (C=O) groups is 2. The predicted molar refractivity (Wildman–Crippen MR) is 146 cm³/mol. The second kappa shape index (κ2) is 8.87. The van der Waals surface area contributed by atoms with Crippen LogP contribution in [0.4, 0.5) is 5.69 Å². The van der Waals surface area contributed by atoms with Gasteiger partial charge in [-0.3, -0.25) is 4.79 Å². The minimum atomic E-state index is -0.733. The Morgan fingerprint density at radius 3 is 2.82 bits per heavy atom. The lowest BCUT2D eigenvalue weighted by Gasteiger charge is -2.40. The highest BCUT2D eigenvalue weighted by molar-refractivity contribution is 14.1. The molecule has 0 saturated carbocycles. The van der Waals surface area contributed by atoms with Crippen molar-refractivity contribution in [2.75, 3.05) is 11.4 Å². The molecule has 0 radical (unpaired) electrons. The number of hydrogen-bond donors (Lipinski definition) is 1. The second-order valence-corrected chi connectivity index (χ2v) is 11.6. The highest BCUT2D eigenvalue weighted by Gasteiger charge is 2.49. The third kappa shape index (κ3) is 3.98. The molecule has 2 atom stereocenters. The number of halogens is 2. The molecule has 1 N–H and O–H groups in total. The maximum Gasteiger partial charge on any atom is 0.344 e. The fourth-order valence-electron chi connectivity index (χ4n) is 5.73. The number of carboxylic acids is 1. The Morgan fingerprint density at radius 2 is 2.03 bits per heavy atom. The average molecular weight is 669 g/mol. The summed E-state index contributed by atoms with van der Waals surface area (Å²) in [6.07, 6.45) is 6.27. The number of carbonyl (C=O) groups excluding carboxylic acids is 1. The molecule has 5 nitrogen and oxygen atoms in total. The largest absolute Gasteiger partial charge is 0.481 e. The first-order chi connectivity index (χ1) is 15.8. The highest BCUT2D eigenvalue weighted by atomic mass is 127. The van der Waals surface area contributed by atoms with Crippen LogP contribution in [0.5, 0.6) is 0 Å². The lowest BCUT2D eigenvalue weighted by Crippen LogP contribution is -2.41. The van der Waals surface area contributed by atoms with Crippen molar-refractivity contribution in [1.82, 2.24) is 0 Å². The van der Waals surface area contributed by atoms with Gasteiger partial charge in [-0.1, -0.05) is 25.0 Å². The monoisotopic (exact) mass is 669 g/mol. The number of aliphatic carboxylic acids is 1. The van der Waals surface area contributed by atoms with Crippen molar-refractivity contribution in [2.45, 2.75) is 57.0 Å². The van der Waals surface area contributed by atoms with Crippen molar-refractivity contribution in [3.05, 3.63) is 60.4 Å². The first kappa shape index (κ1) is 23.1. The van der Waals surface area contributed by atoms with E-state index >= 15 is 0 Å². The Bertz CT molecular complexity index is 1230.